The highest BCUT2D eigenvalue weighted by Crippen LogP contribution is 2.45. The molecule has 153 valence electrons. The smallest absolute Gasteiger partial charge is 0.166 e. The van der Waals surface area contributed by atoms with E-state index in [0.29, 0.717) is 22.3 Å². The summed E-state index contributed by atoms with van der Waals surface area (Å²) < 4.78 is 80.6. The SMILES string of the molecule is CC1=Cc2c(ccc(-c3ccccc3)c2-c2cc(C(F)(F)F)cc(C(F)(F)F)c2)[CH]1. The van der Waals surface area contributed by atoms with Gasteiger partial charge in [0.1, 0.15) is 0 Å². The lowest BCUT2D eigenvalue weighted by atomic mass is 9.87. The molecule has 30 heavy (non-hydrogen) atoms. The number of hydrogen-bond acceptors (Lipinski definition) is 0. The molecule has 3 aromatic carbocycles. The van der Waals surface area contributed by atoms with Gasteiger partial charge in [0.05, 0.1) is 11.1 Å². The molecular formula is C24H15F6. The first-order valence-corrected chi connectivity index (χ1v) is 9.09. The minimum absolute atomic E-state index is 0.118. The lowest BCUT2D eigenvalue weighted by Crippen LogP contribution is -2.11. The van der Waals surface area contributed by atoms with Crippen LogP contribution in [-0.4, -0.2) is 0 Å². The van der Waals surface area contributed by atoms with Crippen molar-refractivity contribution in [1.29, 1.82) is 0 Å². The summed E-state index contributed by atoms with van der Waals surface area (Å²) in [4.78, 5) is 0. The maximum atomic E-state index is 13.4. The standard InChI is InChI=1S/C24H15F6/c1-14-9-16-7-8-20(15-5-3-2-4-6-15)22(21(16)10-14)17-11-18(23(25,26)27)13-19(12-17)24(28,29)30/h2-13H,1H3. The zero-order valence-electron chi connectivity index (χ0n) is 15.7. The number of hydrogen-bond donors (Lipinski definition) is 0. The van der Waals surface area contributed by atoms with Crippen molar-refractivity contribution in [3.63, 3.8) is 0 Å². The van der Waals surface area contributed by atoms with Crippen LogP contribution in [0, 0.1) is 6.42 Å². The first-order valence-electron chi connectivity index (χ1n) is 9.09. The predicted octanol–water partition coefficient (Wildman–Crippen LogP) is 8.03. The summed E-state index contributed by atoms with van der Waals surface area (Å²) in [5.74, 6) is 0. The van der Waals surface area contributed by atoms with Crippen LogP contribution in [0.25, 0.3) is 28.3 Å². The van der Waals surface area contributed by atoms with Gasteiger partial charge in [-0.2, -0.15) is 26.3 Å². The molecule has 6 heteroatoms. The summed E-state index contributed by atoms with van der Waals surface area (Å²) in [5.41, 5.74) is 1.10. The maximum Gasteiger partial charge on any atom is 0.416 e. The van der Waals surface area contributed by atoms with Crippen molar-refractivity contribution in [2.75, 3.05) is 0 Å². The Morgan fingerprint density at radius 1 is 0.667 bits per heavy atom. The van der Waals surface area contributed by atoms with Crippen LogP contribution in [0.15, 0.2) is 66.2 Å². The fourth-order valence-electron chi connectivity index (χ4n) is 3.70. The summed E-state index contributed by atoms with van der Waals surface area (Å²) in [6.07, 6.45) is -6.17. The molecule has 1 aliphatic rings. The van der Waals surface area contributed by atoms with Crippen LogP contribution in [0.5, 0.6) is 0 Å². The molecule has 4 rings (SSSR count). The summed E-state index contributed by atoms with van der Waals surface area (Å²) in [6, 6.07) is 14.2. The Morgan fingerprint density at radius 2 is 1.27 bits per heavy atom. The third kappa shape index (κ3) is 3.74. The molecule has 1 aliphatic carbocycles. The van der Waals surface area contributed by atoms with E-state index in [-0.39, 0.29) is 11.6 Å². The van der Waals surface area contributed by atoms with Crippen LogP contribution in [0.4, 0.5) is 26.3 Å². The Kier molecular flexibility index (Phi) is 4.76. The highest BCUT2D eigenvalue weighted by atomic mass is 19.4. The zero-order chi connectivity index (χ0) is 21.7. The number of halogens is 6. The number of allylic oxidation sites excluding steroid dienone is 1. The van der Waals surface area contributed by atoms with Crippen molar-refractivity contribution in [2.45, 2.75) is 19.3 Å². The van der Waals surface area contributed by atoms with E-state index in [2.05, 4.69) is 0 Å². The van der Waals surface area contributed by atoms with Crippen LogP contribution in [0.3, 0.4) is 0 Å². The van der Waals surface area contributed by atoms with Gasteiger partial charge in [0, 0.05) is 6.42 Å². The van der Waals surface area contributed by atoms with Crippen LogP contribution in [0.2, 0.25) is 0 Å². The molecule has 0 spiro atoms. The normalized spacial score (nSPS) is 13.9. The van der Waals surface area contributed by atoms with E-state index in [1.165, 1.54) is 0 Å². The van der Waals surface area contributed by atoms with Gasteiger partial charge in [-0.3, -0.25) is 0 Å². The average molecular weight is 417 g/mol. The van der Waals surface area contributed by atoms with E-state index >= 15 is 0 Å². The molecule has 0 aliphatic heterocycles. The van der Waals surface area contributed by atoms with Gasteiger partial charge in [-0.15, -0.1) is 0 Å². The first kappa shape index (κ1) is 20.3. The van der Waals surface area contributed by atoms with E-state index in [0.717, 1.165) is 23.3 Å². The van der Waals surface area contributed by atoms with Crippen molar-refractivity contribution < 1.29 is 26.3 Å². The summed E-state index contributed by atoms with van der Waals surface area (Å²) in [5, 5.41) is 0. The molecule has 0 unspecified atom stereocenters. The van der Waals surface area contributed by atoms with Gasteiger partial charge in [0.15, 0.2) is 0 Å². The zero-order valence-corrected chi connectivity index (χ0v) is 15.7. The Labute approximate surface area is 169 Å². The largest absolute Gasteiger partial charge is 0.416 e. The van der Waals surface area contributed by atoms with Crippen molar-refractivity contribution in [2.24, 2.45) is 0 Å². The van der Waals surface area contributed by atoms with Gasteiger partial charge in [-0.05, 0) is 58.5 Å². The second kappa shape index (κ2) is 7.04. The third-order valence-electron chi connectivity index (χ3n) is 5.00. The molecule has 0 atom stereocenters. The van der Waals surface area contributed by atoms with Crippen LogP contribution >= 0.6 is 0 Å². The first-order chi connectivity index (χ1) is 14.0. The lowest BCUT2D eigenvalue weighted by Gasteiger charge is -2.19. The third-order valence-corrected chi connectivity index (χ3v) is 5.00. The van der Waals surface area contributed by atoms with E-state index < -0.39 is 23.5 Å². The van der Waals surface area contributed by atoms with Crippen molar-refractivity contribution in [3.05, 3.63) is 94.9 Å². The number of fused-ring (bicyclic) bond motifs is 1. The molecule has 0 saturated carbocycles. The van der Waals surface area contributed by atoms with Crippen molar-refractivity contribution in [1.82, 2.24) is 0 Å². The monoisotopic (exact) mass is 417 g/mol. The molecule has 0 amide bonds. The fourth-order valence-corrected chi connectivity index (χ4v) is 3.70. The summed E-state index contributed by atoms with van der Waals surface area (Å²) in [7, 11) is 0. The maximum absolute atomic E-state index is 13.4. The molecule has 0 bridgehead atoms. The van der Waals surface area contributed by atoms with Gasteiger partial charge in [-0.25, -0.2) is 0 Å². The van der Waals surface area contributed by atoms with E-state index in [9.17, 15) is 26.3 Å². The van der Waals surface area contributed by atoms with E-state index in [1.807, 2.05) is 19.4 Å². The molecule has 0 heterocycles. The molecule has 0 fully saturated rings. The molecule has 0 N–H and O–H groups in total. The summed E-state index contributed by atoms with van der Waals surface area (Å²) >= 11 is 0. The van der Waals surface area contributed by atoms with E-state index in [4.69, 9.17) is 0 Å². The van der Waals surface area contributed by atoms with Crippen molar-refractivity contribution in [3.8, 4) is 22.3 Å². The highest BCUT2D eigenvalue weighted by molar-refractivity contribution is 5.93. The second-order valence-electron chi connectivity index (χ2n) is 7.18. The van der Waals surface area contributed by atoms with Gasteiger partial charge >= 0.3 is 12.4 Å². The Balaban J connectivity index is 2.07. The molecule has 0 saturated heterocycles. The van der Waals surface area contributed by atoms with E-state index in [1.54, 1.807) is 42.5 Å². The highest BCUT2D eigenvalue weighted by Gasteiger charge is 2.37. The quantitative estimate of drug-likeness (QED) is 0.370. The van der Waals surface area contributed by atoms with Crippen molar-refractivity contribution >= 4 is 6.08 Å². The molecular weight excluding hydrogens is 402 g/mol. The van der Waals surface area contributed by atoms with Gasteiger partial charge < -0.3 is 0 Å². The van der Waals surface area contributed by atoms with Crippen LogP contribution in [0.1, 0.15) is 29.2 Å². The van der Waals surface area contributed by atoms with Gasteiger partial charge in [0.2, 0.25) is 0 Å². The van der Waals surface area contributed by atoms with Crippen LogP contribution < -0.4 is 0 Å². The Morgan fingerprint density at radius 3 is 1.83 bits per heavy atom. The Bertz CT molecular complexity index is 1100. The van der Waals surface area contributed by atoms with Gasteiger partial charge in [0.25, 0.3) is 0 Å². The molecule has 3 aromatic rings. The number of alkyl halides is 6. The minimum atomic E-state index is -4.90. The van der Waals surface area contributed by atoms with Crippen LogP contribution in [-0.2, 0) is 12.4 Å². The molecule has 0 nitrogen and oxygen atoms in total. The molecule has 1 radical (unpaired) electrons. The van der Waals surface area contributed by atoms with Gasteiger partial charge in [-0.1, -0.05) is 54.1 Å². The topological polar surface area (TPSA) is 0 Å². The predicted molar refractivity (Wildman–Crippen MR) is 104 cm³/mol. The summed E-state index contributed by atoms with van der Waals surface area (Å²) in [6.45, 7) is 1.83. The number of benzene rings is 3. The number of rotatable bonds is 2. The average Bonchev–Trinajstić information content (AvgIpc) is 3.06. The lowest BCUT2D eigenvalue weighted by molar-refractivity contribution is -0.143. The molecule has 0 aromatic heterocycles. The Hall–Kier alpha value is -3.02. The fraction of sp³-hybridized carbons (Fsp3) is 0.125. The second-order valence-corrected chi connectivity index (χ2v) is 7.18. The minimum Gasteiger partial charge on any atom is -0.166 e.